The maximum atomic E-state index is 11.8. The second-order valence-corrected chi connectivity index (χ2v) is 5.86. The lowest BCUT2D eigenvalue weighted by atomic mass is 9.97. The normalized spacial score (nSPS) is 15.5. The predicted octanol–water partition coefficient (Wildman–Crippen LogP) is 2.26. The molecule has 7 nitrogen and oxygen atoms in total. The number of anilines is 1. The Morgan fingerprint density at radius 3 is 2.54 bits per heavy atom. The summed E-state index contributed by atoms with van der Waals surface area (Å²) < 4.78 is 10.5. The monoisotopic (exact) mass is 332 g/mol. The van der Waals surface area contributed by atoms with Crippen molar-refractivity contribution in [2.45, 2.75) is 12.8 Å². The van der Waals surface area contributed by atoms with E-state index in [0.717, 1.165) is 12.8 Å². The van der Waals surface area contributed by atoms with E-state index in [1.54, 1.807) is 31.4 Å². The Hall–Kier alpha value is -2.54. The number of hydrogen-bond donors (Lipinski definition) is 2. The van der Waals surface area contributed by atoms with Gasteiger partial charge in [0.15, 0.2) is 17.1 Å². The van der Waals surface area contributed by atoms with Gasteiger partial charge in [-0.15, -0.1) is 0 Å². The van der Waals surface area contributed by atoms with Gasteiger partial charge in [0, 0.05) is 25.3 Å². The number of carbonyl (C=O) groups is 1. The van der Waals surface area contributed by atoms with Gasteiger partial charge in [0.2, 0.25) is 0 Å². The molecule has 1 fully saturated rings. The summed E-state index contributed by atoms with van der Waals surface area (Å²) in [4.78, 5) is 13.7. The minimum Gasteiger partial charge on any atom is -0.497 e. The number of carboxylic acids is 1. The van der Waals surface area contributed by atoms with Crippen LogP contribution in [0.4, 0.5) is 5.82 Å². The van der Waals surface area contributed by atoms with Crippen molar-refractivity contribution >= 4 is 11.8 Å². The van der Waals surface area contributed by atoms with Crippen LogP contribution in [0.15, 0.2) is 28.8 Å². The van der Waals surface area contributed by atoms with Crippen molar-refractivity contribution < 1.29 is 24.3 Å². The van der Waals surface area contributed by atoms with Crippen LogP contribution in [0.3, 0.4) is 0 Å². The summed E-state index contributed by atoms with van der Waals surface area (Å²) in [5.74, 6) is 0.472. The smallest absolute Gasteiger partial charge is 0.343 e. The number of aliphatic hydroxyl groups excluding tert-OH is 1. The zero-order valence-corrected chi connectivity index (χ0v) is 13.4. The molecule has 0 bridgehead atoms. The number of aliphatic hydroxyl groups is 1. The molecular weight excluding hydrogens is 312 g/mol. The summed E-state index contributed by atoms with van der Waals surface area (Å²) in [6.07, 6.45) is 1.61. The lowest BCUT2D eigenvalue weighted by Gasteiger charge is -2.31. The van der Waals surface area contributed by atoms with Crippen molar-refractivity contribution in [2.75, 3.05) is 31.7 Å². The van der Waals surface area contributed by atoms with Crippen molar-refractivity contribution in [3.63, 3.8) is 0 Å². The number of carboxylic acid groups (broad SMARTS) is 1. The van der Waals surface area contributed by atoms with E-state index >= 15 is 0 Å². The Morgan fingerprint density at radius 2 is 2.00 bits per heavy atom. The van der Waals surface area contributed by atoms with Gasteiger partial charge in [-0.3, -0.25) is 0 Å². The topological polar surface area (TPSA) is 96.0 Å². The third-order valence-electron chi connectivity index (χ3n) is 4.41. The zero-order valence-electron chi connectivity index (χ0n) is 13.4. The standard InChI is InChI=1S/C17H20N2O5/c1-23-13-4-2-12(3-5-13)15-14(17(21)22)16(18-24-15)19-8-6-11(10-20)7-9-19/h2-5,11,20H,6-10H2,1H3,(H,21,22). The Morgan fingerprint density at radius 1 is 1.33 bits per heavy atom. The number of piperidine rings is 1. The summed E-state index contributed by atoms with van der Waals surface area (Å²) in [7, 11) is 1.57. The number of aromatic carboxylic acids is 1. The van der Waals surface area contributed by atoms with Gasteiger partial charge in [-0.2, -0.15) is 0 Å². The zero-order chi connectivity index (χ0) is 17.1. The van der Waals surface area contributed by atoms with Gasteiger partial charge in [-0.1, -0.05) is 5.16 Å². The van der Waals surface area contributed by atoms with Crippen LogP contribution >= 0.6 is 0 Å². The average molecular weight is 332 g/mol. The quantitative estimate of drug-likeness (QED) is 0.867. The summed E-state index contributed by atoms with van der Waals surface area (Å²) in [6, 6.07) is 6.98. The molecule has 128 valence electrons. The van der Waals surface area contributed by atoms with Crippen LogP contribution in [-0.4, -0.2) is 48.1 Å². The number of ether oxygens (including phenoxy) is 1. The molecule has 3 rings (SSSR count). The van der Waals surface area contributed by atoms with Crippen molar-refractivity contribution in [1.29, 1.82) is 0 Å². The highest BCUT2D eigenvalue weighted by molar-refractivity contribution is 5.99. The Labute approximate surface area is 139 Å². The van der Waals surface area contributed by atoms with Gasteiger partial charge in [-0.25, -0.2) is 4.79 Å². The van der Waals surface area contributed by atoms with E-state index in [0.29, 0.717) is 30.2 Å². The molecule has 2 heterocycles. The van der Waals surface area contributed by atoms with Crippen LogP contribution in [-0.2, 0) is 0 Å². The molecule has 0 amide bonds. The van der Waals surface area contributed by atoms with Crippen molar-refractivity contribution in [1.82, 2.24) is 5.16 Å². The molecule has 7 heteroatoms. The second-order valence-electron chi connectivity index (χ2n) is 5.86. The van der Waals surface area contributed by atoms with E-state index in [4.69, 9.17) is 9.26 Å². The Balaban J connectivity index is 1.91. The van der Waals surface area contributed by atoms with Crippen LogP contribution < -0.4 is 9.64 Å². The minimum atomic E-state index is -1.07. The van der Waals surface area contributed by atoms with Gasteiger partial charge < -0.3 is 24.4 Å². The fraction of sp³-hybridized carbons (Fsp3) is 0.412. The highest BCUT2D eigenvalue weighted by Crippen LogP contribution is 2.34. The highest BCUT2D eigenvalue weighted by Gasteiger charge is 2.29. The molecule has 0 atom stereocenters. The van der Waals surface area contributed by atoms with E-state index in [2.05, 4.69) is 5.16 Å². The average Bonchev–Trinajstić information content (AvgIpc) is 3.07. The molecule has 2 aromatic rings. The minimum absolute atomic E-state index is 0.0719. The molecule has 24 heavy (non-hydrogen) atoms. The summed E-state index contributed by atoms with van der Waals surface area (Å²) in [5, 5.41) is 22.9. The number of aromatic nitrogens is 1. The van der Waals surface area contributed by atoms with Crippen molar-refractivity contribution in [3.8, 4) is 17.1 Å². The molecule has 0 unspecified atom stereocenters. The molecule has 1 aliphatic heterocycles. The molecular formula is C17H20N2O5. The molecule has 1 saturated heterocycles. The van der Waals surface area contributed by atoms with Crippen LogP contribution in [0, 0.1) is 5.92 Å². The number of rotatable bonds is 5. The van der Waals surface area contributed by atoms with E-state index in [1.807, 2.05) is 4.90 Å². The molecule has 1 aromatic heterocycles. The Bertz CT molecular complexity index is 702. The summed E-state index contributed by atoms with van der Waals surface area (Å²) in [6.45, 7) is 1.47. The maximum Gasteiger partial charge on any atom is 0.343 e. The van der Waals surface area contributed by atoms with Crippen molar-refractivity contribution in [2.24, 2.45) is 5.92 Å². The fourth-order valence-electron chi connectivity index (χ4n) is 2.96. The first-order valence-corrected chi connectivity index (χ1v) is 7.87. The molecule has 0 aliphatic carbocycles. The summed E-state index contributed by atoms with van der Waals surface area (Å²) >= 11 is 0. The van der Waals surface area contributed by atoms with Gasteiger partial charge in [0.05, 0.1) is 7.11 Å². The second kappa shape index (κ2) is 6.92. The molecule has 0 spiro atoms. The largest absolute Gasteiger partial charge is 0.497 e. The van der Waals surface area contributed by atoms with Crippen LogP contribution in [0.1, 0.15) is 23.2 Å². The van der Waals surface area contributed by atoms with E-state index in [1.165, 1.54) is 0 Å². The first kappa shape index (κ1) is 16.3. The lowest BCUT2D eigenvalue weighted by molar-refractivity contribution is 0.0697. The van der Waals surface area contributed by atoms with Crippen LogP contribution in [0.5, 0.6) is 5.75 Å². The molecule has 1 aromatic carbocycles. The van der Waals surface area contributed by atoms with E-state index in [-0.39, 0.29) is 23.8 Å². The first-order chi connectivity index (χ1) is 11.6. The fourth-order valence-corrected chi connectivity index (χ4v) is 2.96. The number of hydrogen-bond acceptors (Lipinski definition) is 6. The SMILES string of the molecule is COc1ccc(-c2onc(N3CCC(CO)CC3)c2C(=O)O)cc1. The van der Waals surface area contributed by atoms with Crippen molar-refractivity contribution in [3.05, 3.63) is 29.8 Å². The van der Waals surface area contributed by atoms with Crippen LogP contribution in [0.2, 0.25) is 0 Å². The molecule has 0 radical (unpaired) electrons. The lowest BCUT2D eigenvalue weighted by Crippen LogP contribution is -2.35. The third kappa shape index (κ3) is 3.07. The highest BCUT2D eigenvalue weighted by atomic mass is 16.5. The van der Waals surface area contributed by atoms with Gasteiger partial charge in [-0.05, 0) is 43.0 Å². The number of benzene rings is 1. The number of methoxy groups -OCH3 is 1. The van der Waals surface area contributed by atoms with E-state index < -0.39 is 5.97 Å². The summed E-state index contributed by atoms with van der Waals surface area (Å²) in [5.41, 5.74) is 0.708. The van der Waals surface area contributed by atoms with Gasteiger partial charge >= 0.3 is 5.97 Å². The van der Waals surface area contributed by atoms with Gasteiger partial charge in [0.25, 0.3) is 0 Å². The third-order valence-corrected chi connectivity index (χ3v) is 4.41. The predicted molar refractivity (Wildman–Crippen MR) is 87.5 cm³/mol. The number of nitrogens with zero attached hydrogens (tertiary/aromatic N) is 2. The van der Waals surface area contributed by atoms with E-state index in [9.17, 15) is 15.0 Å². The Kier molecular flexibility index (Phi) is 4.71. The molecule has 2 N–H and O–H groups in total. The van der Waals surface area contributed by atoms with Gasteiger partial charge in [0.1, 0.15) is 5.75 Å². The van der Waals surface area contributed by atoms with Crippen LogP contribution in [0.25, 0.3) is 11.3 Å². The molecule has 1 aliphatic rings. The first-order valence-electron chi connectivity index (χ1n) is 7.87. The maximum absolute atomic E-state index is 11.8. The molecule has 0 saturated carbocycles.